The van der Waals surface area contributed by atoms with Crippen LogP contribution in [0.4, 0.5) is 0 Å². The number of methoxy groups -OCH3 is 2. The second kappa shape index (κ2) is 5.48. The maximum Gasteiger partial charge on any atom is 0.338 e. The number of carbonyl (C=O) groups excluding carboxylic acids is 2. The summed E-state index contributed by atoms with van der Waals surface area (Å²) in [5.41, 5.74) is 1.01. The molecule has 0 aromatic heterocycles. The molecule has 0 fully saturated rings. The number of esters is 2. The minimum atomic E-state index is -0.380. The Morgan fingerprint density at radius 1 is 0.636 bits per heavy atom. The topological polar surface area (TPSA) is 52.6 Å². The predicted molar refractivity (Wildman–Crippen MR) is 84.1 cm³/mol. The van der Waals surface area contributed by atoms with Crippen LogP contribution in [0.5, 0.6) is 0 Å². The standard InChI is InChI=1S/C18H14O4/c1-21-17(19)15-7-3-5-11-12-6-4-8-16(18(20)22-2)14(12)10-9-13(11)15/h3-10H,1-2H3. The van der Waals surface area contributed by atoms with Gasteiger partial charge in [-0.3, -0.25) is 0 Å². The van der Waals surface area contributed by atoms with E-state index in [-0.39, 0.29) is 11.9 Å². The van der Waals surface area contributed by atoms with E-state index in [4.69, 9.17) is 9.47 Å². The third-order valence-corrected chi connectivity index (χ3v) is 3.73. The largest absolute Gasteiger partial charge is 0.465 e. The molecule has 4 nitrogen and oxygen atoms in total. The fourth-order valence-electron chi connectivity index (χ4n) is 2.70. The van der Waals surface area contributed by atoms with Crippen molar-refractivity contribution in [1.29, 1.82) is 0 Å². The highest BCUT2D eigenvalue weighted by atomic mass is 16.5. The van der Waals surface area contributed by atoms with Gasteiger partial charge in [0.1, 0.15) is 0 Å². The second-order valence-electron chi connectivity index (χ2n) is 4.85. The van der Waals surface area contributed by atoms with E-state index >= 15 is 0 Å². The zero-order valence-corrected chi connectivity index (χ0v) is 12.3. The lowest BCUT2D eigenvalue weighted by Gasteiger charge is -2.10. The summed E-state index contributed by atoms with van der Waals surface area (Å²) >= 11 is 0. The molecule has 0 radical (unpaired) electrons. The van der Waals surface area contributed by atoms with E-state index in [0.29, 0.717) is 11.1 Å². The Hall–Kier alpha value is -2.88. The number of carbonyl (C=O) groups is 2. The average Bonchev–Trinajstić information content (AvgIpc) is 2.59. The first-order valence-electron chi connectivity index (χ1n) is 6.78. The van der Waals surface area contributed by atoms with Gasteiger partial charge in [-0.25, -0.2) is 9.59 Å². The normalized spacial score (nSPS) is 10.6. The molecule has 0 saturated carbocycles. The van der Waals surface area contributed by atoms with E-state index in [1.165, 1.54) is 14.2 Å². The van der Waals surface area contributed by atoms with E-state index in [1.54, 1.807) is 24.3 Å². The quantitative estimate of drug-likeness (QED) is 0.535. The SMILES string of the molecule is COC(=O)c1cccc2c1ccc1c(C(=O)OC)cccc12. The summed E-state index contributed by atoms with van der Waals surface area (Å²) in [7, 11) is 2.72. The molecule has 0 heterocycles. The predicted octanol–water partition coefficient (Wildman–Crippen LogP) is 3.57. The van der Waals surface area contributed by atoms with Crippen LogP contribution < -0.4 is 0 Å². The molecule has 0 bridgehead atoms. The lowest BCUT2D eigenvalue weighted by molar-refractivity contribution is 0.0594. The van der Waals surface area contributed by atoms with Crippen molar-refractivity contribution >= 4 is 33.5 Å². The molecule has 22 heavy (non-hydrogen) atoms. The summed E-state index contributed by atoms with van der Waals surface area (Å²) < 4.78 is 9.65. The van der Waals surface area contributed by atoms with E-state index in [0.717, 1.165) is 21.5 Å². The zero-order valence-electron chi connectivity index (χ0n) is 12.3. The summed E-state index contributed by atoms with van der Waals surface area (Å²) in [4.78, 5) is 23.8. The fourth-order valence-corrected chi connectivity index (χ4v) is 2.70. The van der Waals surface area contributed by atoms with Crippen LogP contribution in [0.3, 0.4) is 0 Å². The highest BCUT2D eigenvalue weighted by Crippen LogP contribution is 2.30. The Labute approximate surface area is 127 Å². The van der Waals surface area contributed by atoms with Crippen molar-refractivity contribution in [2.45, 2.75) is 0 Å². The lowest BCUT2D eigenvalue weighted by atomic mass is 9.96. The molecule has 0 aliphatic rings. The van der Waals surface area contributed by atoms with Gasteiger partial charge in [0.25, 0.3) is 0 Å². The first-order chi connectivity index (χ1) is 10.7. The number of benzene rings is 3. The first kappa shape index (κ1) is 14.1. The molecule has 3 aromatic carbocycles. The highest BCUT2D eigenvalue weighted by Gasteiger charge is 2.15. The Kier molecular flexibility index (Phi) is 3.51. The van der Waals surface area contributed by atoms with Gasteiger partial charge in [-0.15, -0.1) is 0 Å². The average molecular weight is 294 g/mol. The Bertz CT molecular complexity index is 821. The van der Waals surface area contributed by atoms with Crippen LogP contribution in [0, 0.1) is 0 Å². The first-order valence-corrected chi connectivity index (χ1v) is 6.78. The molecule has 0 aliphatic heterocycles. The fraction of sp³-hybridized carbons (Fsp3) is 0.111. The molecule has 110 valence electrons. The monoisotopic (exact) mass is 294 g/mol. The van der Waals surface area contributed by atoms with Crippen molar-refractivity contribution in [3.63, 3.8) is 0 Å². The van der Waals surface area contributed by atoms with E-state index in [1.807, 2.05) is 24.3 Å². The van der Waals surface area contributed by atoms with Crippen molar-refractivity contribution < 1.29 is 19.1 Å². The van der Waals surface area contributed by atoms with Crippen LogP contribution in [-0.2, 0) is 9.47 Å². The maximum absolute atomic E-state index is 11.9. The number of fused-ring (bicyclic) bond motifs is 3. The summed E-state index contributed by atoms with van der Waals surface area (Å²) in [5.74, 6) is -0.761. The molecule has 4 heteroatoms. The van der Waals surface area contributed by atoms with Crippen molar-refractivity contribution in [3.05, 3.63) is 59.7 Å². The molecule has 3 aromatic rings. The highest BCUT2D eigenvalue weighted by molar-refractivity contribution is 6.17. The summed E-state index contributed by atoms with van der Waals surface area (Å²) in [6, 6.07) is 14.6. The minimum Gasteiger partial charge on any atom is -0.465 e. The third-order valence-electron chi connectivity index (χ3n) is 3.73. The zero-order chi connectivity index (χ0) is 15.7. The van der Waals surface area contributed by atoms with Crippen LogP contribution >= 0.6 is 0 Å². The van der Waals surface area contributed by atoms with E-state index in [2.05, 4.69) is 0 Å². The number of ether oxygens (including phenoxy) is 2. The third kappa shape index (κ3) is 2.09. The molecule has 0 N–H and O–H groups in total. The van der Waals surface area contributed by atoms with Gasteiger partial charge < -0.3 is 9.47 Å². The molecular weight excluding hydrogens is 280 g/mol. The van der Waals surface area contributed by atoms with Crippen molar-refractivity contribution in [2.75, 3.05) is 14.2 Å². The molecule has 0 unspecified atom stereocenters. The molecule has 0 amide bonds. The molecule has 0 spiro atoms. The van der Waals surface area contributed by atoms with Crippen molar-refractivity contribution in [1.82, 2.24) is 0 Å². The van der Waals surface area contributed by atoms with Crippen LogP contribution in [0.1, 0.15) is 20.7 Å². The Morgan fingerprint density at radius 2 is 1.05 bits per heavy atom. The van der Waals surface area contributed by atoms with Gasteiger partial charge in [-0.2, -0.15) is 0 Å². The lowest BCUT2D eigenvalue weighted by Crippen LogP contribution is -2.03. The van der Waals surface area contributed by atoms with Gasteiger partial charge in [0.05, 0.1) is 25.3 Å². The minimum absolute atomic E-state index is 0.380. The van der Waals surface area contributed by atoms with Crippen molar-refractivity contribution in [3.8, 4) is 0 Å². The van der Waals surface area contributed by atoms with Gasteiger partial charge in [-0.1, -0.05) is 36.4 Å². The smallest absolute Gasteiger partial charge is 0.338 e. The maximum atomic E-state index is 11.9. The van der Waals surface area contributed by atoms with Crippen LogP contribution in [0.2, 0.25) is 0 Å². The van der Waals surface area contributed by atoms with Crippen LogP contribution in [0.15, 0.2) is 48.5 Å². The summed E-state index contributed by atoms with van der Waals surface area (Å²) in [5, 5.41) is 3.38. The van der Waals surface area contributed by atoms with Crippen LogP contribution in [-0.4, -0.2) is 26.2 Å². The summed E-state index contributed by atoms with van der Waals surface area (Å²) in [6.45, 7) is 0. The Morgan fingerprint density at radius 3 is 1.41 bits per heavy atom. The van der Waals surface area contributed by atoms with Crippen molar-refractivity contribution in [2.24, 2.45) is 0 Å². The molecule has 3 rings (SSSR count). The molecule has 0 aliphatic carbocycles. The number of rotatable bonds is 2. The molecule has 0 atom stereocenters. The van der Waals surface area contributed by atoms with Gasteiger partial charge in [0, 0.05) is 0 Å². The summed E-state index contributed by atoms with van der Waals surface area (Å²) in [6.07, 6.45) is 0. The second-order valence-corrected chi connectivity index (χ2v) is 4.85. The van der Waals surface area contributed by atoms with E-state index < -0.39 is 0 Å². The number of hydrogen-bond donors (Lipinski definition) is 0. The van der Waals surface area contributed by atoms with Gasteiger partial charge >= 0.3 is 11.9 Å². The molecule has 0 saturated heterocycles. The molecular formula is C18H14O4. The Balaban J connectivity index is 2.38. The van der Waals surface area contributed by atoms with Gasteiger partial charge in [0.15, 0.2) is 0 Å². The van der Waals surface area contributed by atoms with E-state index in [9.17, 15) is 9.59 Å². The number of hydrogen-bond acceptors (Lipinski definition) is 4. The van der Waals surface area contributed by atoms with Gasteiger partial charge in [0.2, 0.25) is 0 Å². The van der Waals surface area contributed by atoms with Gasteiger partial charge in [-0.05, 0) is 33.7 Å². The van der Waals surface area contributed by atoms with Crippen LogP contribution in [0.25, 0.3) is 21.5 Å².